The van der Waals surface area contributed by atoms with Crippen LogP contribution in [-0.2, 0) is 0 Å². The van der Waals surface area contributed by atoms with Crippen LogP contribution in [0.3, 0.4) is 0 Å². The molecule has 2 heteroatoms. The van der Waals surface area contributed by atoms with E-state index in [1.54, 1.807) is 12.2 Å². The summed E-state index contributed by atoms with van der Waals surface area (Å²) in [6.07, 6.45) is 8.24. The molecule has 0 N–H and O–H groups in total. The van der Waals surface area contributed by atoms with Gasteiger partial charge in [0.05, 0.1) is 0 Å². The van der Waals surface area contributed by atoms with Crippen molar-refractivity contribution in [2.75, 3.05) is 5.75 Å². The van der Waals surface area contributed by atoms with Crippen molar-refractivity contribution in [2.24, 2.45) is 0 Å². The monoisotopic (exact) mass is 123 g/mol. The van der Waals surface area contributed by atoms with E-state index in [-0.39, 0.29) is 0 Å². The van der Waals surface area contributed by atoms with Crippen molar-refractivity contribution in [3.8, 4) is 17.7 Å². The predicted molar refractivity (Wildman–Crippen MR) is 36.0 cm³/mol. The van der Waals surface area contributed by atoms with Gasteiger partial charge in [-0.15, -0.1) is 6.42 Å². The van der Waals surface area contributed by atoms with Crippen LogP contribution in [0, 0.1) is 23.0 Å². The molecule has 0 saturated heterocycles. The smallest absolute Gasteiger partial charge is 0.133 e. The van der Waals surface area contributed by atoms with E-state index in [0.29, 0.717) is 5.75 Å². The fourth-order valence-corrected chi connectivity index (χ4v) is 0.469. The van der Waals surface area contributed by atoms with Gasteiger partial charge in [-0.1, -0.05) is 12.0 Å². The normalized spacial score (nSPS) is 8.25. The maximum absolute atomic E-state index is 7.99. The summed E-state index contributed by atoms with van der Waals surface area (Å²) in [7, 11) is 0. The number of allylic oxidation sites excluding steroid dienone is 1. The Hall–Kier alpha value is -0.860. The first-order valence-electron chi connectivity index (χ1n) is 2.04. The molecule has 0 heterocycles. The third-order valence-corrected chi connectivity index (χ3v) is 0.946. The molecule has 0 amide bonds. The molecule has 1 nitrogen and oxygen atoms in total. The summed E-state index contributed by atoms with van der Waals surface area (Å²) >= 11 is 1.17. The van der Waals surface area contributed by atoms with Gasteiger partial charge in [0.1, 0.15) is 5.40 Å². The second kappa shape index (κ2) is 6.14. The summed E-state index contributed by atoms with van der Waals surface area (Å²) in [5.74, 6) is 3.00. The Balaban J connectivity index is 3.10. The van der Waals surface area contributed by atoms with Gasteiger partial charge in [0.25, 0.3) is 0 Å². The highest BCUT2D eigenvalue weighted by molar-refractivity contribution is 8.03. The summed E-state index contributed by atoms with van der Waals surface area (Å²) < 4.78 is 0. The van der Waals surface area contributed by atoms with E-state index in [1.807, 2.05) is 5.40 Å². The second-order valence-electron chi connectivity index (χ2n) is 0.971. The number of terminal acetylenes is 1. The zero-order valence-corrected chi connectivity index (χ0v) is 5.11. The van der Waals surface area contributed by atoms with Crippen molar-refractivity contribution in [3.05, 3.63) is 12.2 Å². The van der Waals surface area contributed by atoms with Gasteiger partial charge in [0.15, 0.2) is 0 Å². The fourth-order valence-electron chi connectivity index (χ4n) is 0.202. The minimum Gasteiger partial charge on any atom is -0.185 e. The summed E-state index contributed by atoms with van der Waals surface area (Å²) in [6.45, 7) is 0. The van der Waals surface area contributed by atoms with E-state index < -0.39 is 0 Å². The number of thiocyanates is 1. The molecule has 0 aliphatic carbocycles. The lowest BCUT2D eigenvalue weighted by atomic mass is 10.5. The zero-order valence-electron chi connectivity index (χ0n) is 4.29. The lowest BCUT2D eigenvalue weighted by molar-refractivity contribution is 1.57. The van der Waals surface area contributed by atoms with Crippen LogP contribution in [0.1, 0.15) is 0 Å². The standard InChI is InChI=1S/C6H5NS/c1-2-3-4-5-8-6-7/h1,3-4H,5H2/b4-3+. The number of rotatable bonds is 2. The van der Waals surface area contributed by atoms with Crippen molar-refractivity contribution >= 4 is 11.8 Å². The van der Waals surface area contributed by atoms with E-state index >= 15 is 0 Å². The SMILES string of the molecule is C#C/C=C/CSC#N. The molecule has 0 aromatic heterocycles. The van der Waals surface area contributed by atoms with E-state index in [9.17, 15) is 0 Å². The molecule has 0 aromatic carbocycles. The molecule has 0 atom stereocenters. The van der Waals surface area contributed by atoms with Crippen molar-refractivity contribution in [2.45, 2.75) is 0 Å². The molecule has 0 radical (unpaired) electrons. The lowest BCUT2D eigenvalue weighted by Gasteiger charge is -1.73. The number of thioether (sulfide) groups is 1. The molecule has 0 spiro atoms. The quantitative estimate of drug-likeness (QED) is 0.315. The maximum atomic E-state index is 7.99. The van der Waals surface area contributed by atoms with Crippen molar-refractivity contribution in [1.29, 1.82) is 5.26 Å². The first-order valence-corrected chi connectivity index (χ1v) is 3.02. The minimum absolute atomic E-state index is 0.681. The van der Waals surface area contributed by atoms with E-state index in [1.165, 1.54) is 11.8 Å². The number of hydrogen-bond acceptors (Lipinski definition) is 2. The largest absolute Gasteiger partial charge is 0.185 e. The van der Waals surface area contributed by atoms with E-state index in [0.717, 1.165) is 0 Å². The van der Waals surface area contributed by atoms with Gasteiger partial charge in [-0.3, -0.25) is 0 Å². The van der Waals surface area contributed by atoms with Crippen LogP contribution in [0.15, 0.2) is 12.2 Å². The van der Waals surface area contributed by atoms with Gasteiger partial charge >= 0.3 is 0 Å². The molecule has 0 unspecified atom stereocenters. The highest BCUT2D eigenvalue weighted by Gasteiger charge is 1.72. The molecular weight excluding hydrogens is 118 g/mol. The van der Waals surface area contributed by atoms with Crippen LogP contribution < -0.4 is 0 Å². The average molecular weight is 123 g/mol. The van der Waals surface area contributed by atoms with Gasteiger partial charge in [-0.05, 0) is 17.8 Å². The summed E-state index contributed by atoms with van der Waals surface area (Å²) in [5, 5.41) is 9.92. The van der Waals surface area contributed by atoms with Crippen molar-refractivity contribution < 1.29 is 0 Å². The Morgan fingerprint density at radius 2 is 2.50 bits per heavy atom. The van der Waals surface area contributed by atoms with Gasteiger partial charge in [0, 0.05) is 5.75 Å². The summed E-state index contributed by atoms with van der Waals surface area (Å²) in [6, 6.07) is 0. The predicted octanol–water partition coefficient (Wildman–Crippen LogP) is 1.39. The molecule has 0 bridgehead atoms. The molecule has 8 heavy (non-hydrogen) atoms. The third kappa shape index (κ3) is 5.14. The van der Waals surface area contributed by atoms with Crippen LogP contribution in [0.2, 0.25) is 0 Å². The molecule has 40 valence electrons. The molecule has 0 rings (SSSR count). The summed E-state index contributed by atoms with van der Waals surface area (Å²) in [4.78, 5) is 0. The Kier molecular flexibility index (Phi) is 5.48. The van der Waals surface area contributed by atoms with Crippen molar-refractivity contribution in [1.82, 2.24) is 0 Å². The maximum Gasteiger partial charge on any atom is 0.133 e. The van der Waals surface area contributed by atoms with Gasteiger partial charge in [0.2, 0.25) is 0 Å². The Bertz CT molecular complexity index is 147. The first kappa shape index (κ1) is 7.14. The number of nitrogens with zero attached hydrogens (tertiary/aromatic N) is 1. The highest BCUT2D eigenvalue weighted by atomic mass is 32.2. The first-order chi connectivity index (χ1) is 3.91. The Morgan fingerprint density at radius 3 is 3.00 bits per heavy atom. The van der Waals surface area contributed by atoms with Crippen LogP contribution in [0.5, 0.6) is 0 Å². The van der Waals surface area contributed by atoms with Crippen LogP contribution in [0.4, 0.5) is 0 Å². The Morgan fingerprint density at radius 1 is 1.75 bits per heavy atom. The average Bonchev–Trinajstić information content (AvgIpc) is 1.81. The second-order valence-corrected chi connectivity index (χ2v) is 1.78. The van der Waals surface area contributed by atoms with E-state index in [2.05, 4.69) is 5.92 Å². The van der Waals surface area contributed by atoms with Crippen LogP contribution >= 0.6 is 11.8 Å². The Labute approximate surface area is 53.4 Å². The highest BCUT2D eigenvalue weighted by Crippen LogP contribution is 1.93. The molecule has 0 aromatic rings. The van der Waals surface area contributed by atoms with Gasteiger partial charge < -0.3 is 0 Å². The zero-order chi connectivity index (χ0) is 6.24. The topological polar surface area (TPSA) is 23.8 Å². The van der Waals surface area contributed by atoms with Crippen molar-refractivity contribution in [3.63, 3.8) is 0 Å². The molecule has 0 aliphatic rings. The number of hydrogen-bond donors (Lipinski definition) is 0. The van der Waals surface area contributed by atoms with Crippen LogP contribution in [0.25, 0.3) is 0 Å². The summed E-state index contributed by atoms with van der Waals surface area (Å²) in [5.41, 5.74) is 0. The lowest BCUT2D eigenvalue weighted by Crippen LogP contribution is -1.61. The van der Waals surface area contributed by atoms with Crippen LogP contribution in [-0.4, -0.2) is 5.75 Å². The molecule has 0 aliphatic heterocycles. The number of nitriles is 1. The minimum atomic E-state index is 0.681. The van der Waals surface area contributed by atoms with E-state index in [4.69, 9.17) is 11.7 Å². The molecular formula is C6H5NS. The van der Waals surface area contributed by atoms with Gasteiger partial charge in [-0.25, -0.2) is 0 Å². The third-order valence-electron chi connectivity index (χ3n) is 0.458. The molecule has 0 fully saturated rings. The molecule has 0 saturated carbocycles. The fraction of sp³-hybridized carbons (Fsp3) is 0.167. The van der Waals surface area contributed by atoms with Gasteiger partial charge in [-0.2, -0.15) is 5.26 Å².